The summed E-state index contributed by atoms with van der Waals surface area (Å²) in [5, 5.41) is 2.83. The summed E-state index contributed by atoms with van der Waals surface area (Å²) in [6.45, 7) is 1.52. The lowest BCUT2D eigenvalue weighted by Gasteiger charge is -2.42. The van der Waals surface area contributed by atoms with Gasteiger partial charge in [0.15, 0.2) is 0 Å². The summed E-state index contributed by atoms with van der Waals surface area (Å²) < 4.78 is 0.755. The van der Waals surface area contributed by atoms with Crippen LogP contribution in [0.15, 0.2) is 28.7 Å². The van der Waals surface area contributed by atoms with Crippen molar-refractivity contribution in [3.63, 3.8) is 0 Å². The molecule has 168 valence electrons. The van der Waals surface area contributed by atoms with Crippen LogP contribution in [0.2, 0.25) is 0 Å². The number of nitrogens with one attached hydrogen (secondary N) is 1. The number of hydrogen-bond acceptors (Lipinski definition) is 3. The normalized spacial score (nSPS) is 25.5. The molecule has 0 aromatic heterocycles. The van der Waals surface area contributed by atoms with Crippen molar-refractivity contribution in [2.75, 3.05) is 6.54 Å². The zero-order valence-electron chi connectivity index (χ0n) is 18.2. The number of carbonyl (C=O) groups is 3. The van der Waals surface area contributed by atoms with Gasteiger partial charge in [0, 0.05) is 22.1 Å². The number of amides is 4. The van der Waals surface area contributed by atoms with E-state index in [0.29, 0.717) is 5.56 Å². The van der Waals surface area contributed by atoms with Crippen molar-refractivity contribution in [3.8, 4) is 0 Å². The number of rotatable bonds is 5. The van der Waals surface area contributed by atoms with Crippen LogP contribution in [0, 0.1) is 0 Å². The number of halogens is 1. The van der Waals surface area contributed by atoms with Gasteiger partial charge in [0.05, 0.1) is 0 Å². The average Bonchev–Trinajstić information content (AvgIpc) is 2.99. The van der Waals surface area contributed by atoms with Crippen LogP contribution >= 0.6 is 15.9 Å². The van der Waals surface area contributed by atoms with Crippen LogP contribution in [-0.4, -0.2) is 46.3 Å². The van der Waals surface area contributed by atoms with Crippen molar-refractivity contribution in [2.24, 2.45) is 0 Å². The average molecular weight is 490 g/mol. The molecule has 1 atom stereocenters. The highest BCUT2D eigenvalue weighted by Gasteiger charge is 2.51. The zero-order chi connectivity index (χ0) is 22.0. The molecule has 0 radical (unpaired) electrons. The summed E-state index contributed by atoms with van der Waals surface area (Å²) in [5.41, 5.74) is -0.488. The molecule has 0 spiro atoms. The molecule has 1 N–H and O–H groups in total. The molecule has 1 heterocycles. The van der Waals surface area contributed by atoms with Crippen molar-refractivity contribution in [3.05, 3.63) is 34.3 Å². The molecular weight excluding hydrogens is 458 g/mol. The number of imide groups is 1. The Balaban J connectivity index is 1.54. The van der Waals surface area contributed by atoms with Crippen molar-refractivity contribution in [2.45, 2.75) is 88.8 Å². The first-order chi connectivity index (χ1) is 14.9. The van der Waals surface area contributed by atoms with Crippen LogP contribution < -0.4 is 5.32 Å². The summed E-state index contributed by atoms with van der Waals surface area (Å²) in [7, 11) is 0. The van der Waals surface area contributed by atoms with Crippen molar-refractivity contribution < 1.29 is 14.4 Å². The maximum absolute atomic E-state index is 13.5. The Bertz CT molecular complexity index is 830. The lowest BCUT2D eigenvalue weighted by atomic mass is 9.88. The SMILES string of the molecule is C[C@]1(c2ccccc2Br)NC(=O)N(CC(=O)N(C2CCCCC2)C2CCCCC2)C1=O. The maximum Gasteiger partial charge on any atom is 0.325 e. The smallest absolute Gasteiger partial charge is 0.325 e. The van der Waals surface area contributed by atoms with Gasteiger partial charge in [-0.25, -0.2) is 4.79 Å². The fraction of sp³-hybridized carbons (Fsp3) is 0.625. The minimum atomic E-state index is -1.18. The Morgan fingerprint density at radius 3 is 2.13 bits per heavy atom. The number of nitrogens with zero attached hydrogens (tertiary/aromatic N) is 2. The fourth-order valence-electron chi connectivity index (χ4n) is 5.53. The molecule has 1 aliphatic heterocycles. The van der Waals surface area contributed by atoms with Gasteiger partial charge in [-0.1, -0.05) is 72.7 Å². The molecule has 6 nitrogen and oxygen atoms in total. The van der Waals surface area contributed by atoms with E-state index in [9.17, 15) is 14.4 Å². The van der Waals surface area contributed by atoms with Gasteiger partial charge in [-0.2, -0.15) is 0 Å². The van der Waals surface area contributed by atoms with Crippen molar-refractivity contribution in [1.82, 2.24) is 15.1 Å². The van der Waals surface area contributed by atoms with Crippen LogP contribution in [-0.2, 0) is 15.1 Å². The maximum atomic E-state index is 13.5. The highest BCUT2D eigenvalue weighted by molar-refractivity contribution is 9.10. The minimum Gasteiger partial charge on any atom is -0.335 e. The molecule has 1 aromatic carbocycles. The summed E-state index contributed by atoms with van der Waals surface area (Å²) in [4.78, 5) is 42.9. The monoisotopic (exact) mass is 489 g/mol. The Kier molecular flexibility index (Phi) is 6.70. The molecule has 2 saturated carbocycles. The van der Waals surface area contributed by atoms with Gasteiger partial charge in [0.1, 0.15) is 12.1 Å². The molecule has 2 aliphatic carbocycles. The summed E-state index contributed by atoms with van der Waals surface area (Å²) in [6.07, 6.45) is 11.1. The van der Waals surface area contributed by atoms with E-state index in [4.69, 9.17) is 0 Å². The van der Waals surface area contributed by atoms with E-state index in [1.165, 1.54) is 12.8 Å². The summed E-state index contributed by atoms with van der Waals surface area (Å²) >= 11 is 3.49. The van der Waals surface area contributed by atoms with Gasteiger partial charge < -0.3 is 10.2 Å². The van der Waals surface area contributed by atoms with Gasteiger partial charge in [-0.15, -0.1) is 0 Å². The van der Waals surface area contributed by atoms with Gasteiger partial charge in [0.2, 0.25) is 5.91 Å². The summed E-state index contributed by atoms with van der Waals surface area (Å²) in [5.74, 6) is -0.455. The van der Waals surface area contributed by atoms with Crippen LogP contribution in [0.3, 0.4) is 0 Å². The van der Waals surface area contributed by atoms with E-state index >= 15 is 0 Å². The van der Waals surface area contributed by atoms with Gasteiger partial charge in [0.25, 0.3) is 5.91 Å². The molecule has 7 heteroatoms. The molecule has 0 unspecified atom stereocenters. The van der Waals surface area contributed by atoms with Crippen LogP contribution in [0.4, 0.5) is 4.79 Å². The second-order valence-electron chi connectivity index (χ2n) is 9.31. The third-order valence-electron chi connectivity index (χ3n) is 7.21. The Morgan fingerprint density at radius 1 is 1.03 bits per heavy atom. The predicted octanol–water partition coefficient (Wildman–Crippen LogP) is 4.71. The Morgan fingerprint density at radius 2 is 1.58 bits per heavy atom. The molecule has 4 amide bonds. The Labute approximate surface area is 192 Å². The highest BCUT2D eigenvalue weighted by atomic mass is 79.9. The number of benzene rings is 1. The fourth-order valence-corrected chi connectivity index (χ4v) is 6.21. The largest absolute Gasteiger partial charge is 0.335 e. The molecular formula is C24H32BrN3O3. The lowest BCUT2D eigenvalue weighted by Crippen LogP contribution is -2.53. The van der Waals surface area contributed by atoms with Gasteiger partial charge in [-0.05, 0) is 38.7 Å². The molecule has 1 saturated heterocycles. The van der Waals surface area contributed by atoms with Gasteiger partial charge in [-0.3, -0.25) is 14.5 Å². The molecule has 31 heavy (non-hydrogen) atoms. The van der Waals surface area contributed by atoms with E-state index in [2.05, 4.69) is 26.1 Å². The minimum absolute atomic E-state index is 0.0846. The van der Waals surface area contributed by atoms with Crippen LogP contribution in [0.1, 0.15) is 76.7 Å². The Hall–Kier alpha value is -1.89. The first-order valence-electron chi connectivity index (χ1n) is 11.6. The van der Waals surface area contributed by atoms with Crippen LogP contribution in [0.25, 0.3) is 0 Å². The second kappa shape index (κ2) is 9.31. The van der Waals surface area contributed by atoms with E-state index in [1.54, 1.807) is 6.92 Å². The molecule has 3 fully saturated rings. The van der Waals surface area contributed by atoms with Crippen LogP contribution in [0.5, 0.6) is 0 Å². The van der Waals surface area contributed by atoms with E-state index in [-0.39, 0.29) is 30.4 Å². The van der Waals surface area contributed by atoms with Gasteiger partial charge >= 0.3 is 6.03 Å². The number of hydrogen-bond donors (Lipinski definition) is 1. The third-order valence-corrected chi connectivity index (χ3v) is 7.90. The summed E-state index contributed by atoms with van der Waals surface area (Å²) in [6, 6.07) is 7.35. The quantitative estimate of drug-likeness (QED) is 0.608. The molecule has 1 aromatic rings. The molecule has 4 rings (SSSR count). The van der Waals surface area contributed by atoms with Crippen molar-refractivity contribution in [1.29, 1.82) is 0 Å². The highest BCUT2D eigenvalue weighted by Crippen LogP contribution is 2.35. The second-order valence-corrected chi connectivity index (χ2v) is 10.2. The van der Waals surface area contributed by atoms with E-state index < -0.39 is 11.6 Å². The number of carbonyl (C=O) groups excluding carboxylic acids is 3. The standard InChI is InChI=1S/C24H32BrN3O3/c1-24(19-14-8-9-15-20(19)25)22(30)27(23(31)26-24)16-21(29)28(17-10-4-2-5-11-17)18-12-6-3-7-13-18/h8-9,14-15,17-18H,2-7,10-13,16H2,1H3,(H,26,31)/t24-/m1/s1. The third kappa shape index (κ3) is 4.38. The zero-order valence-corrected chi connectivity index (χ0v) is 19.8. The number of urea groups is 1. The van der Waals surface area contributed by atoms with Crippen molar-refractivity contribution >= 4 is 33.8 Å². The first kappa shape index (κ1) is 22.3. The first-order valence-corrected chi connectivity index (χ1v) is 12.4. The molecule has 3 aliphatic rings. The van der Waals surface area contributed by atoms with E-state index in [1.807, 2.05) is 24.3 Å². The lowest BCUT2D eigenvalue weighted by molar-refractivity contribution is -0.143. The van der Waals surface area contributed by atoms with E-state index in [0.717, 1.165) is 60.7 Å². The predicted molar refractivity (Wildman–Crippen MR) is 122 cm³/mol. The molecule has 0 bridgehead atoms. The topological polar surface area (TPSA) is 69.7 Å².